The predicted molar refractivity (Wildman–Crippen MR) is 51.2 cm³/mol. The van der Waals surface area contributed by atoms with Crippen molar-refractivity contribution in [3.63, 3.8) is 0 Å². The van der Waals surface area contributed by atoms with E-state index in [9.17, 15) is 9.90 Å². The second kappa shape index (κ2) is 2.98. The summed E-state index contributed by atoms with van der Waals surface area (Å²) in [7, 11) is 0. The molecule has 1 aliphatic carbocycles. The van der Waals surface area contributed by atoms with Crippen LogP contribution in [0.25, 0.3) is 0 Å². The van der Waals surface area contributed by atoms with Crippen molar-refractivity contribution in [2.45, 2.75) is 52.2 Å². The van der Waals surface area contributed by atoms with E-state index in [2.05, 4.69) is 26.1 Å². The van der Waals surface area contributed by atoms with E-state index in [4.69, 9.17) is 0 Å². The molecule has 0 aliphatic heterocycles. The van der Waals surface area contributed by atoms with Crippen molar-refractivity contribution in [3.05, 3.63) is 0 Å². The minimum Gasteiger partial charge on any atom is -0.380 e. The van der Waals surface area contributed by atoms with Gasteiger partial charge in [-0.3, -0.25) is 4.79 Å². The van der Waals surface area contributed by atoms with Crippen molar-refractivity contribution in [2.75, 3.05) is 0 Å². The standard InChI is InChI=1S/C10H19NO2/c1-7(9(2,3)4)11-8(12)10(13)5-6-10/h7,13H,5-6H2,1-4H3,(H,11,12)/t7-/m0/s1. The van der Waals surface area contributed by atoms with E-state index >= 15 is 0 Å². The molecule has 13 heavy (non-hydrogen) atoms. The Labute approximate surface area is 79.5 Å². The van der Waals surface area contributed by atoms with Crippen molar-refractivity contribution in [2.24, 2.45) is 5.41 Å². The Hall–Kier alpha value is -0.570. The molecule has 0 radical (unpaired) electrons. The Kier molecular flexibility index (Phi) is 2.41. The maximum absolute atomic E-state index is 11.4. The number of hydrogen-bond acceptors (Lipinski definition) is 2. The van der Waals surface area contributed by atoms with E-state index in [1.165, 1.54) is 0 Å². The van der Waals surface area contributed by atoms with Crippen LogP contribution in [-0.2, 0) is 4.79 Å². The molecule has 1 atom stereocenters. The van der Waals surface area contributed by atoms with Gasteiger partial charge in [0, 0.05) is 6.04 Å². The van der Waals surface area contributed by atoms with Gasteiger partial charge in [0.05, 0.1) is 0 Å². The normalized spacial score (nSPS) is 22.2. The van der Waals surface area contributed by atoms with E-state index in [0.29, 0.717) is 12.8 Å². The molecule has 0 aromatic heterocycles. The van der Waals surface area contributed by atoms with Gasteiger partial charge in [-0.1, -0.05) is 20.8 Å². The van der Waals surface area contributed by atoms with Gasteiger partial charge in [0.1, 0.15) is 5.60 Å². The Morgan fingerprint density at radius 2 is 1.92 bits per heavy atom. The third-order valence-electron chi connectivity index (χ3n) is 2.79. The summed E-state index contributed by atoms with van der Waals surface area (Å²) in [6.07, 6.45) is 1.21. The van der Waals surface area contributed by atoms with Gasteiger partial charge in [0.2, 0.25) is 0 Å². The summed E-state index contributed by atoms with van der Waals surface area (Å²) in [5.74, 6) is -0.213. The van der Waals surface area contributed by atoms with Crippen LogP contribution in [0.4, 0.5) is 0 Å². The molecule has 1 rings (SSSR count). The summed E-state index contributed by atoms with van der Waals surface area (Å²) < 4.78 is 0. The van der Waals surface area contributed by atoms with Crippen LogP contribution in [0, 0.1) is 5.41 Å². The number of hydrogen-bond donors (Lipinski definition) is 2. The smallest absolute Gasteiger partial charge is 0.252 e. The fourth-order valence-electron chi connectivity index (χ4n) is 0.893. The summed E-state index contributed by atoms with van der Waals surface area (Å²) in [6.45, 7) is 8.16. The van der Waals surface area contributed by atoms with Crippen LogP contribution in [0.3, 0.4) is 0 Å². The topological polar surface area (TPSA) is 49.3 Å². The van der Waals surface area contributed by atoms with Gasteiger partial charge in [-0.2, -0.15) is 0 Å². The van der Waals surface area contributed by atoms with Gasteiger partial charge < -0.3 is 10.4 Å². The highest BCUT2D eigenvalue weighted by molar-refractivity contribution is 5.87. The van der Waals surface area contributed by atoms with Crippen LogP contribution in [0.1, 0.15) is 40.5 Å². The van der Waals surface area contributed by atoms with Gasteiger partial charge >= 0.3 is 0 Å². The molecule has 1 saturated carbocycles. The molecule has 0 unspecified atom stereocenters. The zero-order valence-corrected chi connectivity index (χ0v) is 8.85. The molecular formula is C10H19NO2. The minimum atomic E-state index is -1.04. The highest BCUT2D eigenvalue weighted by Gasteiger charge is 2.48. The molecule has 0 spiro atoms. The number of carbonyl (C=O) groups is 1. The molecule has 0 heterocycles. The van der Waals surface area contributed by atoms with Gasteiger partial charge in [0.25, 0.3) is 5.91 Å². The minimum absolute atomic E-state index is 0.0426. The van der Waals surface area contributed by atoms with Crippen LogP contribution < -0.4 is 5.32 Å². The number of carbonyl (C=O) groups excluding carboxylic acids is 1. The molecule has 2 N–H and O–H groups in total. The van der Waals surface area contributed by atoms with Crippen molar-refractivity contribution >= 4 is 5.91 Å². The summed E-state index contributed by atoms with van der Waals surface area (Å²) >= 11 is 0. The number of aliphatic hydroxyl groups is 1. The molecule has 0 saturated heterocycles. The van der Waals surface area contributed by atoms with E-state index in [1.807, 2.05) is 6.92 Å². The Morgan fingerprint density at radius 1 is 1.46 bits per heavy atom. The first-order valence-corrected chi connectivity index (χ1v) is 4.79. The zero-order valence-electron chi connectivity index (χ0n) is 8.85. The lowest BCUT2D eigenvalue weighted by Crippen LogP contribution is -2.46. The molecule has 3 nitrogen and oxygen atoms in total. The maximum Gasteiger partial charge on any atom is 0.252 e. The quantitative estimate of drug-likeness (QED) is 0.676. The van der Waals surface area contributed by atoms with E-state index < -0.39 is 5.60 Å². The first kappa shape index (κ1) is 10.5. The molecule has 0 aromatic rings. The highest BCUT2D eigenvalue weighted by Crippen LogP contribution is 2.35. The van der Waals surface area contributed by atoms with E-state index in [-0.39, 0.29) is 17.4 Å². The lowest BCUT2D eigenvalue weighted by atomic mass is 9.88. The van der Waals surface area contributed by atoms with Crippen LogP contribution in [-0.4, -0.2) is 22.7 Å². The molecule has 0 bridgehead atoms. The molecule has 76 valence electrons. The monoisotopic (exact) mass is 185 g/mol. The van der Waals surface area contributed by atoms with Gasteiger partial charge in [-0.15, -0.1) is 0 Å². The third-order valence-corrected chi connectivity index (χ3v) is 2.79. The zero-order chi connectivity index (χ0) is 10.3. The third kappa shape index (κ3) is 2.44. The number of rotatable bonds is 2. The Bertz CT molecular complexity index is 213. The molecular weight excluding hydrogens is 166 g/mol. The van der Waals surface area contributed by atoms with E-state index in [0.717, 1.165) is 0 Å². The van der Waals surface area contributed by atoms with Crippen molar-refractivity contribution in [3.8, 4) is 0 Å². The molecule has 3 heteroatoms. The molecule has 0 aromatic carbocycles. The highest BCUT2D eigenvalue weighted by atomic mass is 16.3. The van der Waals surface area contributed by atoms with Crippen LogP contribution in [0.15, 0.2) is 0 Å². The summed E-state index contributed by atoms with van der Waals surface area (Å²) in [4.78, 5) is 11.4. The van der Waals surface area contributed by atoms with Crippen LogP contribution >= 0.6 is 0 Å². The molecule has 1 aliphatic rings. The molecule has 1 amide bonds. The van der Waals surface area contributed by atoms with E-state index in [1.54, 1.807) is 0 Å². The Balaban J connectivity index is 2.45. The fourth-order valence-corrected chi connectivity index (χ4v) is 0.893. The molecule has 1 fully saturated rings. The first-order chi connectivity index (χ1) is 5.76. The SMILES string of the molecule is C[C@H](NC(=O)C1(O)CC1)C(C)(C)C. The van der Waals surface area contributed by atoms with Crippen molar-refractivity contribution in [1.29, 1.82) is 0 Å². The average Bonchev–Trinajstić information content (AvgIpc) is 2.67. The van der Waals surface area contributed by atoms with Crippen molar-refractivity contribution < 1.29 is 9.90 Å². The van der Waals surface area contributed by atoms with Crippen LogP contribution in [0.2, 0.25) is 0 Å². The first-order valence-electron chi connectivity index (χ1n) is 4.79. The lowest BCUT2D eigenvalue weighted by Gasteiger charge is -2.28. The Morgan fingerprint density at radius 3 is 2.23 bits per heavy atom. The largest absolute Gasteiger partial charge is 0.380 e. The van der Waals surface area contributed by atoms with Gasteiger partial charge in [-0.25, -0.2) is 0 Å². The van der Waals surface area contributed by atoms with Gasteiger partial charge in [0.15, 0.2) is 0 Å². The fraction of sp³-hybridized carbons (Fsp3) is 0.900. The van der Waals surface area contributed by atoms with Crippen molar-refractivity contribution in [1.82, 2.24) is 5.32 Å². The number of nitrogens with one attached hydrogen (secondary N) is 1. The summed E-state index contributed by atoms with van der Waals surface area (Å²) in [5, 5.41) is 12.3. The van der Waals surface area contributed by atoms with Gasteiger partial charge in [-0.05, 0) is 25.2 Å². The average molecular weight is 185 g/mol. The predicted octanol–water partition coefficient (Wildman–Crippen LogP) is 1.06. The number of amides is 1. The second-order valence-corrected chi connectivity index (χ2v) is 5.09. The summed E-state index contributed by atoms with van der Waals surface area (Å²) in [6, 6.07) is 0.0876. The second-order valence-electron chi connectivity index (χ2n) is 5.09. The summed E-state index contributed by atoms with van der Waals surface area (Å²) in [5.41, 5.74) is -1.000. The maximum atomic E-state index is 11.4. The van der Waals surface area contributed by atoms with Crippen LogP contribution in [0.5, 0.6) is 0 Å². The lowest BCUT2D eigenvalue weighted by molar-refractivity contribution is -0.132.